The van der Waals surface area contributed by atoms with E-state index in [4.69, 9.17) is 4.74 Å². The molecule has 0 atom stereocenters. The van der Waals surface area contributed by atoms with E-state index < -0.39 is 0 Å². The van der Waals surface area contributed by atoms with Gasteiger partial charge >= 0.3 is 0 Å². The maximum atomic E-state index is 5.47. The number of hydrogen-bond acceptors (Lipinski definition) is 2. The Labute approximate surface area is 114 Å². The van der Waals surface area contributed by atoms with Crippen LogP contribution in [0.3, 0.4) is 0 Å². The molecule has 1 saturated heterocycles. The molecule has 2 heteroatoms. The van der Waals surface area contributed by atoms with E-state index in [0.717, 1.165) is 31.7 Å². The Morgan fingerprint density at radius 3 is 2.63 bits per heavy atom. The lowest BCUT2D eigenvalue weighted by Crippen LogP contribution is -2.15. The maximum Gasteiger partial charge on any atom is 0.0733 e. The Bertz CT molecular complexity index is 559. The van der Waals surface area contributed by atoms with E-state index in [0.29, 0.717) is 5.92 Å². The average Bonchev–Trinajstić information content (AvgIpc) is 2.49. The fourth-order valence-corrected chi connectivity index (χ4v) is 2.84. The van der Waals surface area contributed by atoms with E-state index in [2.05, 4.69) is 42.2 Å². The number of nitrogens with zero attached hydrogens (tertiary/aromatic N) is 1. The first-order chi connectivity index (χ1) is 9.36. The first-order valence-electron chi connectivity index (χ1n) is 6.95. The summed E-state index contributed by atoms with van der Waals surface area (Å²) in [5.74, 6) is 0.603. The molecule has 0 N–H and O–H groups in total. The van der Waals surface area contributed by atoms with Crippen molar-refractivity contribution in [3.63, 3.8) is 0 Å². The van der Waals surface area contributed by atoms with Crippen LogP contribution in [0.15, 0.2) is 42.6 Å². The predicted octanol–water partition coefficient (Wildman–Crippen LogP) is 3.95. The van der Waals surface area contributed by atoms with Crippen molar-refractivity contribution in [2.45, 2.75) is 25.7 Å². The molecule has 0 radical (unpaired) electrons. The Balaban J connectivity index is 2.04. The van der Waals surface area contributed by atoms with Gasteiger partial charge in [-0.05, 0) is 42.9 Å². The van der Waals surface area contributed by atoms with E-state index in [1.54, 1.807) is 0 Å². The highest BCUT2D eigenvalue weighted by Crippen LogP contribution is 2.34. The Kier molecular flexibility index (Phi) is 3.60. The molecular weight excluding hydrogens is 234 g/mol. The molecule has 2 heterocycles. The minimum Gasteiger partial charge on any atom is -0.381 e. The van der Waals surface area contributed by atoms with Gasteiger partial charge in [0.2, 0.25) is 0 Å². The summed E-state index contributed by atoms with van der Waals surface area (Å²) >= 11 is 0. The molecule has 98 valence electrons. The molecule has 0 unspecified atom stereocenters. The number of aryl methyl sites for hydroxylation is 1. The SMILES string of the molecule is Cc1cccnc1-c1ccccc1C1CCOCC1. The minimum atomic E-state index is 0.603. The van der Waals surface area contributed by atoms with Crippen molar-refractivity contribution in [1.29, 1.82) is 0 Å². The predicted molar refractivity (Wildman–Crippen MR) is 77.2 cm³/mol. The molecule has 1 aromatic heterocycles. The highest BCUT2D eigenvalue weighted by atomic mass is 16.5. The summed E-state index contributed by atoms with van der Waals surface area (Å²) in [6, 6.07) is 12.8. The smallest absolute Gasteiger partial charge is 0.0733 e. The molecule has 0 amide bonds. The van der Waals surface area contributed by atoms with Crippen LogP contribution in [-0.2, 0) is 4.74 Å². The van der Waals surface area contributed by atoms with Crippen LogP contribution < -0.4 is 0 Å². The van der Waals surface area contributed by atoms with Crippen molar-refractivity contribution in [3.05, 3.63) is 53.7 Å². The zero-order valence-electron chi connectivity index (χ0n) is 11.3. The third-order valence-electron chi connectivity index (χ3n) is 3.89. The van der Waals surface area contributed by atoms with Crippen molar-refractivity contribution < 1.29 is 4.74 Å². The van der Waals surface area contributed by atoms with Gasteiger partial charge in [-0.25, -0.2) is 0 Å². The number of pyridine rings is 1. The van der Waals surface area contributed by atoms with Gasteiger partial charge in [-0.1, -0.05) is 30.3 Å². The van der Waals surface area contributed by atoms with Gasteiger partial charge in [0.25, 0.3) is 0 Å². The number of hydrogen-bond donors (Lipinski definition) is 0. The van der Waals surface area contributed by atoms with Crippen LogP contribution in [0.4, 0.5) is 0 Å². The Morgan fingerprint density at radius 1 is 1.05 bits per heavy atom. The van der Waals surface area contributed by atoms with E-state index in [1.807, 2.05) is 12.3 Å². The summed E-state index contributed by atoms with van der Waals surface area (Å²) in [4.78, 5) is 4.57. The largest absolute Gasteiger partial charge is 0.381 e. The van der Waals surface area contributed by atoms with Gasteiger partial charge in [0.1, 0.15) is 0 Å². The second-order valence-electron chi connectivity index (χ2n) is 5.14. The van der Waals surface area contributed by atoms with Crippen LogP contribution >= 0.6 is 0 Å². The van der Waals surface area contributed by atoms with Crippen LogP contribution in [0.2, 0.25) is 0 Å². The standard InChI is InChI=1S/C17H19NO/c1-13-5-4-10-18-17(13)16-7-3-2-6-15(16)14-8-11-19-12-9-14/h2-7,10,14H,8-9,11-12H2,1H3. The molecule has 0 saturated carbocycles. The normalized spacial score (nSPS) is 16.5. The van der Waals surface area contributed by atoms with Gasteiger partial charge in [-0.15, -0.1) is 0 Å². The zero-order chi connectivity index (χ0) is 13.1. The second kappa shape index (κ2) is 5.54. The summed E-state index contributed by atoms with van der Waals surface area (Å²) in [5, 5.41) is 0. The molecule has 1 aromatic carbocycles. The van der Waals surface area contributed by atoms with E-state index >= 15 is 0 Å². The van der Waals surface area contributed by atoms with Crippen LogP contribution in [0.5, 0.6) is 0 Å². The van der Waals surface area contributed by atoms with E-state index in [-0.39, 0.29) is 0 Å². The van der Waals surface area contributed by atoms with Crippen molar-refractivity contribution in [2.24, 2.45) is 0 Å². The molecule has 1 aliphatic heterocycles. The molecular formula is C17H19NO. The lowest BCUT2D eigenvalue weighted by atomic mass is 9.86. The number of benzene rings is 1. The minimum absolute atomic E-state index is 0.603. The molecule has 19 heavy (non-hydrogen) atoms. The number of aromatic nitrogens is 1. The Morgan fingerprint density at radius 2 is 1.84 bits per heavy atom. The lowest BCUT2D eigenvalue weighted by molar-refractivity contribution is 0.0854. The van der Waals surface area contributed by atoms with Crippen molar-refractivity contribution in [3.8, 4) is 11.3 Å². The van der Waals surface area contributed by atoms with Gasteiger partial charge in [0.15, 0.2) is 0 Å². The molecule has 2 aromatic rings. The van der Waals surface area contributed by atoms with Gasteiger partial charge in [0, 0.05) is 25.0 Å². The van der Waals surface area contributed by atoms with Crippen LogP contribution in [0.25, 0.3) is 11.3 Å². The van der Waals surface area contributed by atoms with Crippen LogP contribution in [0, 0.1) is 6.92 Å². The number of ether oxygens (including phenoxy) is 1. The zero-order valence-corrected chi connectivity index (χ0v) is 11.3. The van der Waals surface area contributed by atoms with Gasteiger partial charge < -0.3 is 4.74 Å². The molecule has 0 aliphatic carbocycles. The van der Waals surface area contributed by atoms with Crippen LogP contribution in [0.1, 0.15) is 29.9 Å². The number of rotatable bonds is 2. The quantitative estimate of drug-likeness (QED) is 0.808. The highest BCUT2D eigenvalue weighted by molar-refractivity contribution is 5.67. The summed E-state index contributed by atoms with van der Waals surface area (Å²) in [5.41, 5.74) is 5.06. The molecule has 0 bridgehead atoms. The fraction of sp³-hybridized carbons (Fsp3) is 0.353. The van der Waals surface area contributed by atoms with Gasteiger partial charge in [-0.3, -0.25) is 4.98 Å². The third kappa shape index (κ3) is 2.54. The molecule has 2 nitrogen and oxygen atoms in total. The summed E-state index contributed by atoms with van der Waals surface area (Å²) in [6.45, 7) is 3.88. The highest BCUT2D eigenvalue weighted by Gasteiger charge is 2.19. The topological polar surface area (TPSA) is 22.1 Å². The van der Waals surface area contributed by atoms with Gasteiger partial charge in [0.05, 0.1) is 5.69 Å². The lowest BCUT2D eigenvalue weighted by Gasteiger charge is -2.24. The van der Waals surface area contributed by atoms with Crippen molar-refractivity contribution in [2.75, 3.05) is 13.2 Å². The molecule has 0 spiro atoms. The third-order valence-corrected chi connectivity index (χ3v) is 3.89. The Hall–Kier alpha value is -1.67. The molecule has 1 aliphatic rings. The average molecular weight is 253 g/mol. The first kappa shape index (κ1) is 12.4. The summed E-state index contributed by atoms with van der Waals surface area (Å²) in [7, 11) is 0. The fourth-order valence-electron chi connectivity index (χ4n) is 2.84. The van der Waals surface area contributed by atoms with E-state index in [9.17, 15) is 0 Å². The van der Waals surface area contributed by atoms with Gasteiger partial charge in [-0.2, -0.15) is 0 Å². The second-order valence-corrected chi connectivity index (χ2v) is 5.14. The van der Waals surface area contributed by atoms with Crippen molar-refractivity contribution in [1.82, 2.24) is 4.98 Å². The molecule has 1 fully saturated rings. The first-order valence-corrected chi connectivity index (χ1v) is 6.95. The summed E-state index contributed by atoms with van der Waals surface area (Å²) in [6.07, 6.45) is 4.11. The summed E-state index contributed by atoms with van der Waals surface area (Å²) < 4.78 is 5.47. The van der Waals surface area contributed by atoms with E-state index in [1.165, 1.54) is 16.7 Å². The van der Waals surface area contributed by atoms with Crippen molar-refractivity contribution >= 4 is 0 Å². The van der Waals surface area contributed by atoms with Crippen LogP contribution in [-0.4, -0.2) is 18.2 Å². The maximum absolute atomic E-state index is 5.47. The molecule has 3 rings (SSSR count). The monoisotopic (exact) mass is 253 g/mol.